The minimum absolute atomic E-state index is 0.182. The van der Waals surface area contributed by atoms with Crippen LogP contribution in [0.3, 0.4) is 0 Å². The van der Waals surface area contributed by atoms with Crippen LogP contribution in [0.25, 0.3) is 0 Å². The van der Waals surface area contributed by atoms with Gasteiger partial charge in [0.2, 0.25) is 0 Å². The molecule has 0 aliphatic rings. The van der Waals surface area contributed by atoms with E-state index in [1.165, 1.54) is 0 Å². The van der Waals surface area contributed by atoms with E-state index in [9.17, 15) is 9.69 Å². The molecule has 0 amide bonds. The molecule has 0 aliphatic carbocycles. The molecule has 0 saturated heterocycles. The van der Waals surface area contributed by atoms with Crippen molar-refractivity contribution in [3.63, 3.8) is 0 Å². The Morgan fingerprint density at radius 3 is 2.46 bits per heavy atom. The SMILES string of the molecule is CCCP(O)(=S)CCCCC(=O)O. The number of carbonyl (C=O) groups is 1. The molecule has 0 heterocycles. The Balaban J connectivity index is 3.52. The minimum atomic E-state index is -2.11. The summed E-state index contributed by atoms with van der Waals surface area (Å²) < 4.78 is 0. The van der Waals surface area contributed by atoms with Crippen LogP contribution in [-0.2, 0) is 16.6 Å². The normalized spacial score (nSPS) is 15.2. The Morgan fingerprint density at radius 2 is 2.00 bits per heavy atom. The van der Waals surface area contributed by atoms with Gasteiger partial charge < -0.3 is 10.00 Å². The summed E-state index contributed by atoms with van der Waals surface area (Å²) >= 11 is 5.04. The van der Waals surface area contributed by atoms with Crippen molar-refractivity contribution in [2.75, 3.05) is 12.3 Å². The van der Waals surface area contributed by atoms with Gasteiger partial charge in [0, 0.05) is 6.42 Å². The van der Waals surface area contributed by atoms with Crippen LogP contribution >= 0.6 is 6.26 Å². The van der Waals surface area contributed by atoms with Gasteiger partial charge in [0.25, 0.3) is 0 Å². The first kappa shape index (κ1) is 13.1. The zero-order valence-electron chi connectivity index (χ0n) is 7.90. The fourth-order valence-corrected chi connectivity index (χ4v) is 3.67. The van der Waals surface area contributed by atoms with Crippen LogP contribution in [-0.4, -0.2) is 28.3 Å². The molecular formula is C8H17O3PS. The fourth-order valence-electron chi connectivity index (χ4n) is 1.10. The number of hydrogen-bond acceptors (Lipinski definition) is 2. The lowest BCUT2D eigenvalue weighted by Crippen LogP contribution is -1.97. The molecule has 0 bridgehead atoms. The van der Waals surface area contributed by atoms with Crippen molar-refractivity contribution in [2.45, 2.75) is 32.6 Å². The molecule has 5 heteroatoms. The third kappa shape index (κ3) is 8.41. The summed E-state index contributed by atoms with van der Waals surface area (Å²) in [6.07, 6.45) is 1.68. The second-order valence-corrected chi connectivity index (χ2v) is 7.77. The summed E-state index contributed by atoms with van der Waals surface area (Å²) in [6.45, 7) is 1.99. The zero-order chi connectivity index (χ0) is 10.3. The summed E-state index contributed by atoms with van der Waals surface area (Å²) in [5.41, 5.74) is 0. The molecule has 2 N–H and O–H groups in total. The summed E-state index contributed by atoms with van der Waals surface area (Å²) in [5.74, 6) is -0.776. The van der Waals surface area contributed by atoms with Crippen LogP contribution in [0.1, 0.15) is 32.6 Å². The van der Waals surface area contributed by atoms with Gasteiger partial charge in [0.05, 0.1) is 6.26 Å². The fraction of sp³-hybridized carbons (Fsp3) is 0.875. The number of aliphatic carboxylic acids is 1. The maximum Gasteiger partial charge on any atom is 0.303 e. The lowest BCUT2D eigenvalue weighted by Gasteiger charge is -2.13. The van der Waals surface area contributed by atoms with Gasteiger partial charge in [-0.15, -0.1) is 0 Å². The second-order valence-electron chi connectivity index (χ2n) is 3.14. The first-order valence-corrected chi connectivity index (χ1v) is 7.63. The van der Waals surface area contributed by atoms with Crippen LogP contribution in [0.4, 0.5) is 0 Å². The summed E-state index contributed by atoms with van der Waals surface area (Å²) in [7, 11) is 0. The van der Waals surface area contributed by atoms with Gasteiger partial charge >= 0.3 is 5.97 Å². The van der Waals surface area contributed by atoms with Crippen LogP contribution in [0, 0.1) is 0 Å². The van der Waals surface area contributed by atoms with E-state index in [4.69, 9.17) is 16.9 Å². The van der Waals surface area contributed by atoms with E-state index in [0.717, 1.165) is 19.0 Å². The molecule has 3 nitrogen and oxygen atoms in total. The number of rotatable bonds is 7. The van der Waals surface area contributed by atoms with E-state index in [0.29, 0.717) is 12.6 Å². The number of hydrogen-bond donors (Lipinski definition) is 2. The van der Waals surface area contributed by atoms with E-state index in [2.05, 4.69) is 0 Å². The standard InChI is InChI=1S/C8H17O3PS/c1-2-6-12(11,13)7-4-3-5-8(9)10/h2-7H2,1H3,(H,9,10)(H,11,13). The lowest BCUT2D eigenvalue weighted by molar-refractivity contribution is -0.137. The minimum Gasteiger partial charge on any atom is -0.481 e. The predicted octanol–water partition coefficient (Wildman–Crippen LogP) is 2.04. The number of carboxylic acid groups (broad SMARTS) is 1. The smallest absolute Gasteiger partial charge is 0.303 e. The van der Waals surface area contributed by atoms with Crippen molar-refractivity contribution in [3.05, 3.63) is 0 Å². The highest BCUT2D eigenvalue weighted by atomic mass is 32.4. The molecule has 1 atom stereocenters. The van der Waals surface area contributed by atoms with Crippen molar-refractivity contribution >= 4 is 24.0 Å². The first-order chi connectivity index (χ1) is 5.98. The molecule has 1 unspecified atom stereocenters. The monoisotopic (exact) mass is 224 g/mol. The highest BCUT2D eigenvalue weighted by Gasteiger charge is 2.10. The molecule has 0 saturated carbocycles. The quantitative estimate of drug-likeness (QED) is 0.513. The molecule has 0 aromatic heterocycles. The third-order valence-electron chi connectivity index (χ3n) is 1.72. The average Bonchev–Trinajstić information content (AvgIpc) is 1.98. The van der Waals surface area contributed by atoms with Gasteiger partial charge in [-0.05, 0) is 31.6 Å². The lowest BCUT2D eigenvalue weighted by atomic mass is 10.2. The van der Waals surface area contributed by atoms with E-state index in [-0.39, 0.29) is 6.42 Å². The van der Waals surface area contributed by atoms with E-state index >= 15 is 0 Å². The van der Waals surface area contributed by atoms with Gasteiger partial charge in [0.1, 0.15) is 0 Å². The molecule has 0 aromatic carbocycles. The number of unbranched alkanes of at least 4 members (excludes halogenated alkanes) is 1. The maximum absolute atomic E-state index is 10.2. The Bertz CT molecular complexity index is 206. The second kappa shape index (κ2) is 6.52. The Kier molecular flexibility index (Phi) is 6.56. The molecule has 0 radical (unpaired) electrons. The molecule has 0 aliphatic heterocycles. The highest BCUT2D eigenvalue weighted by molar-refractivity contribution is 8.11. The summed E-state index contributed by atoms with van der Waals surface area (Å²) in [4.78, 5) is 19.8. The number of carboxylic acids is 1. The van der Waals surface area contributed by atoms with Crippen molar-refractivity contribution < 1.29 is 14.8 Å². The van der Waals surface area contributed by atoms with Crippen LogP contribution < -0.4 is 0 Å². The first-order valence-electron chi connectivity index (χ1n) is 4.50. The van der Waals surface area contributed by atoms with Crippen LogP contribution in [0.15, 0.2) is 0 Å². The van der Waals surface area contributed by atoms with Crippen LogP contribution in [0.2, 0.25) is 0 Å². The molecular weight excluding hydrogens is 207 g/mol. The summed E-state index contributed by atoms with van der Waals surface area (Å²) in [6, 6.07) is 0. The van der Waals surface area contributed by atoms with Gasteiger partial charge in [-0.3, -0.25) is 4.79 Å². The van der Waals surface area contributed by atoms with Crippen LogP contribution in [0.5, 0.6) is 0 Å². The Morgan fingerprint density at radius 1 is 1.38 bits per heavy atom. The van der Waals surface area contributed by atoms with Crippen molar-refractivity contribution in [2.24, 2.45) is 0 Å². The van der Waals surface area contributed by atoms with Crippen molar-refractivity contribution in [1.29, 1.82) is 0 Å². The average molecular weight is 224 g/mol. The molecule has 78 valence electrons. The third-order valence-corrected chi connectivity index (χ3v) is 4.98. The highest BCUT2D eigenvalue weighted by Crippen LogP contribution is 2.42. The molecule has 0 aromatic rings. The topological polar surface area (TPSA) is 57.5 Å². The predicted molar refractivity (Wildman–Crippen MR) is 58.0 cm³/mol. The largest absolute Gasteiger partial charge is 0.481 e. The van der Waals surface area contributed by atoms with Gasteiger partial charge in [0.15, 0.2) is 0 Å². The van der Waals surface area contributed by atoms with Gasteiger partial charge in [-0.25, -0.2) is 0 Å². The molecule has 0 spiro atoms. The summed E-state index contributed by atoms with van der Waals surface area (Å²) in [5, 5.41) is 8.37. The Hall–Kier alpha value is 0.0800. The van der Waals surface area contributed by atoms with Crippen molar-refractivity contribution in [1.82, 2.24) is 0 Å². The van der Waals surface area contributed by atoms with Gasteiger partial charge in [-0.2, -0.15) is 0 Å². The van der Waals surface area contributed by atoms with Gasteiger partial charge in [-0.1, -0.05) is 18.7 Å². The maximum atomic E-state index is 10.2. The van der Waals surface area contributed by atoms with Crippen molar-refractivity contribution in [3.8, 4) is 0 Å². The van der Waals surface area contributed by atoms with E-state index in [1.54, 1.807) is 0 Å². The molecule has 0 rings (SSSR count). The van der Waals surface area contributed by atoms with E-state index in [1.807, 2.05) is 6.92 Å². The molecule has 13 heavy (non-hydrogen) atoms. The molecule has 0 fully saturated rings. The van der Waals surface area contributed by atoms with E-state index < -0.39 is 12.2 Å². The Labute approximate surface area is 84.3 Å². The zero-order valence-corrected chi connectivity index (χ0v) is 9.61.